The third-order valence-electron chi connectivity index (χ3n) is 1.42. The Bertz CT molecular complexity index is 257. The van der Waals surface area contributed by atoms with Crippen LogP contribution in [0.25, 0.3) is 0 Å². The van der Waals surface area contributed by atoms with Crippen molar-refractivity contribution in [1.82, 2.24) is 0 Å². The van der Waals surface area contributed by atoms with Crippen molar-refractivity contribution in [3.63, 3.8) is 0 Å². The van der Waals surface area contributed by atoms with Crippen LogP contribution in [0.2, 0.25) is 0 Å². The molecule has 0 unspecified atom stereocenters. The van der Waals surface area contributed by atoms with E-state index in [-0.39, 0.29) is 0 Å². The summed E-state index contributed by atoms with van der Waals surface area (Å²) in [6.07, 6.45) is 0.948. The van der Waals surface area contributed by atoms with Crippen molar-refractivity contribution in [2.24, 2.45) is 0 Å². The van der Waals surface area contributed by atoms with Gasteiger partial charge in [0.2, 0.25) is 0 Å². The first-order valence-corrected chi connectivity index (χ1v) is 3.43. The molecular formula is C10H10O. The van der Waals surface area contributed by atoms with Gasteiger partial charge in [0.25, 0.3) is 0 Å². The van der Waals surface area contributed by atoms with Crippen molar-refractivity contribution in [2.45, 2.75) is 6.10 Å². The van der Waals surface area contributed by atoms with E-state index in [0.29, 0.717) is 0 Å². The zero-order chi connectivity index (χ0) is 8.10. The molecule has 0 aliphatic rings. The highest BCUT2D eigenvalue weighted by Gasteiger charge is 1.99. The molecule has 1 atom stereocenters. The summed E-state index contributed by atoms with van der Waals surface area (Å²) in [5.41, 5.74) is 3.41. The highest BCUT2D eigenvalue weighted by Crippen LogP contribution is 2.11. The molecule has 0 aliphatic heterocycles. The molecule has 0 radical (unpaired) electrons. The largest absolute Gasteiger partial charge is 0.384 e. The van der Waals surface area contributed by atoms with Crippen LogP contribution in [0.4, 0.5) is 0 Å². The molecule has 1 rings (SSSR count). The van der Waals surface area contributed by atoms with Gasteiger partial charge in [-0.1, -0.05) is 36.9 Å². The van der Waals surface area contributed by atoms with Gasteiger partial charge in [-0.05, 0) is 11.6 Å². The fraction of sp³-hybridized carbons (Fsp3) is 0.100. The highest BCUT2D eigenvalue weighted by molar-refractivity contribution is 5.20. The number of hydrogen-bond acceptors (Lipinski definition) is 1. The molecule has 1 aromatic carbocycles. The van der Waals surface area contributed by atoms with E-state index in [4.69, 9.17) is 0 Å². The molecule has 0 saturated heterocycles. The topological polar surface area (TPSA) is 20.2 Å². The van der Waals surface area contributed by atoms with E-state index >= 15 is 0 Å². The first-order chi connectivity index (χ1) is 5.34. The number of aliphatic hydroxyl groups is 1. The lowest BCUT2D eigenvalue weighted by Crippen LogP contribution is -1.90. The predicted octanol–water partition coefficient (Wildman–Crippen LogP) is 2.06. The normalized spacial score (nSPS) is 11.7. The van der Waals surface area contributed by atoms with Crippen LogP contribution in [0.3, 0.4) is 0 Å². The van der Waals surface area contributed by atoms with Crippen LogP contribution in [-0.2, 0) is 0 Å². The maximum Gasteiger partial charge on any atom is 0.104 e. The molecule has 1 N–H and O–H groups in total. The minimum Gasteiger partial charge on any atom is -0.384 e. The van der Waals surface area contributed by atoms with Gasteiger partial charge in [0.05, 0.1) is 0 Å². The molecule has 0 fully saturated rings. The molecule has 11 heavy (non-hydrogen) atoms. The maximum atomic E-state index is 9.36. The molecule has 1 heteroatoms. The fourth-order valence-electron chi connectivity index (χ4n) is 0.858. The summed E-state index contributed by atoms with van der Waals surface area (Å²) in [5, 5.41) is 9.36. The standard InChI is InChI=1S/C10H10O/c1-2-6-10(11)9-7-4-3-5-8-9/h3-8,10-11H,1H2/t10-/m0/s1. The summed E-state index contributed by atoms with van der Waals surface area (Å²) < 4.78 is 0. The van der Waals surface area contributed by atoms with Gasteiger partial charge >= 0.3 is 0 Å². The van der Waals surface area contributed by atoms with Crippen LogP contribution in [0.5, 0.6) is 0 Å². The fourth-order valence-corrected chi connectivity index (χ4v) is 0.858. The number of aliphatic hydroxyl groups excluding tert-OH is 1. The van der Waals surface area contributed by atoms with Crippen molar-refractivity contribution in [1.29, 1.82) is 0 Å². The molecular weight excluding hydrogens is 136 g/mol. The minimum absolute atomic E-state index is 0.575. The summed E-state index contributed by atoms with van der Waals surface area (Å²) in [6.45, 7) is 3.39. The predicted molar refractivity (Wildman–Crippen MR) is 45.1 cm³/mol. The van der Waals surface area contributed by atoms with Crippen LogP contribution in [0, 0.1) is 0 Å². The molecule has 0 spiro atoms. The maximum absolute atomic E-state index is 9.36. The van der Waals surface area contributed by atoms with E-state index < -0.39 is 6.10 Å². The lowest BCUT2D eigenvalue weighted by Gasteiger charge is -2.02. The summed E-state index contributed by atoms with van der Waals surface area (Å²) in [5.74, 6) is 0. The average molecular weight is 146 g/mol. The molecule has 0 heterocycles. The van der Waals surface area contributed by atoms with E-state index in [1.165, 1.54) is 6.08 Å². The van der Waals surface area contributed by atoms with Crippen molar-refractivity contribution in [3.05, 3.63) is 54.3 Å². The van der Waals surface area contributed by atoms with Crippen LogP contribution < -0.4 is 0 Å². The van der Waals surface area contributed by atoms with Gasteiger partial charge < -0.3 is 5.11 Å². The van der Waals surface area contributed by atoms with Gasteiger partial charge in [-0.15, -0.1) is 5.73 Å². The second-order valence-corrected chi connectivity index (χ2v) is 2.23. The molecule has 1 nitrogen and oxygen atoms in total. The van der Waals surface area contributed by atoms with Crippen LogP contribution in [0.15, 0.2) is 48.7 Å². The second kappa shape index (κ2) is 3.77. The van der Waals surface area contributed by atoms with Crippen molar-refractivity contribution in [3.8, 4) is 0 Å². The van der Waals surface area contributed by atoms with E-state index in [1.807, 2.05) is 30.3 Å². The summed E-state index contributed by atoms with van der Waals surface area (Å²) in [7, 11) is 0. The van der Waals surface area contributed by atoms with Gasteiger partial charge in [-0.3, -0.25) is 0 Å². The van der Waals surface area contributed by atoms with Gasteiger partial charge in [0.15, 0.2) is 0 Å². The summed E-state index contributed by atoms with van der Waals surface area (Å²) in [4.78, 5) is 0. The third kappa shape index (κ3) is 2.08. The number of rotatable bonds is 2. The van der Waals surface area contributed by atoms with E-state index in [0.717, 1.165) is 5.56 Å². The molecule has 1 aromatic rings. The molecule has 0 aliphatic carbocycles. The molecule has 0 amide bonds. The second-order valence-electron chi connectivity index (χ2n) is 2.23. The van der Waals surface area contributed by atoms with E-state index in [9.17, 15) is 5.11 Å². The first kappa shape index (κ1) is 7.80. The Morgan fingerprint density at radius 2 is 2.00 bits per heavy atom. The Morgan fingerprint density at radius 1 is 1.36 bits per heavy atom. The van der Waals surface area contributed by atoms with Gasteiger partial charge in [-0.25, -0.2) is 0 Å². The smallest absolute Gasteiger partial charge is 0.104 e. The summed E-state index contributed by atoms with van der Waals surface area (Å²) in [6, 6.07) is 9.40. The zero-order valence-corrected chi connectivity index (χ0v) is 6.20. The Labute approximate surface area is 66.3 Å². The Morgan fingerprint density at radius 3 is 2.55 bits per heavy atom. The SMILES string of the molecule is C=C=C[C@H](O)c1ccccc1. The molecule has 0 bridgehead atoms. The third-order valence-corrected chi connectivity index (χ3v) is 1.42. The number of hydrogen-bond donors (Lipinski definition) is 1. The Hall–Kier alpha value is -1.30. The first-order valence-electron chi connectivity index (χ1n) is 3.43. The van der Waals surface area contributed by atoms with Crippen molar-refractivity contribution in [2.75, 3.05) is 0 Å². The van der Waals surface area contributed by atoms with E-state index in [2.05, 4.69) is 12.3 Å². The van der Waals surface area contributed by atoms with Crippen LogP contribution in [-0.4, -0.2) is 5.11 Å². The molecule has 0 aromatic heterocycles. The summed E-state index contributed by atoms with van der Waals surface area (Å²) >= 11 is 0. The monoisotopic (exact) mass is 146 g/mol. The van der Waals surface area contributed by atoms with Crippen molar-refractivity contribution < 1.29 is 5.11 Å². The Kier molecular flexibility index (Phi) is 2.67. The van der Waals surface area contributed by atoms with E-state index in [1.54, 1.807) is 0 Å². The van der Waals surface area contributed by atoms with Gasteiger partial charge in [0, 0.05) is 0 Å². The van der Waals surface area contributed by atoms with Crippen molar-refractivity contribution >= 4 is 0 Å². The van der Waals surface area contributed by atoms with Gasteiger partial charge in [0.1, 0.15) is 6.10 Å². The molecule has 0 saturated carbocycles. The minimum atomic E-state index is -0.575. The van der Waals surface area contributed by atoms with Crippen LogP contribution >= 0.6 is 0 Å². The molecule has 56 valence electrons. The highest BCUT2D eigenvalue weighted by atomic mass is 16.3. The zero-order valence-electron chi connectivity index (χ0n) is 6.20. The number of benzene rings is 1. The quantitative estimate of drug-likeness (QED) is 0.633. The van der Waals surface area contributed by atoms with Gasteiger partial charge in [-0.2, -0.15) is 0 Å². The van der Waals surface area contributed by atoms with Crippen LogP contribution in [0.1, 0.15) is 11.7 Å². The average Bonchev–Trinajstić information content (AvgIpc) is 2.07. The lowest BCUT2D eigenvalue weighted by molar-refractivity contribution is 0.229. The Balaban J connectivity index is 2.84. The lowest BCUT2D eigenvalue weighted by atomic mass is 10.1.